The Balaban J connectivity index is 1.68. The monoisotopic (exact) mass is 407 g/mol. The number of amides is 1. The van der Waals surface area contributed by atoms with Crippen molar-refractivity contribution in [1.82, 2.24) is 0 Å². The van der Waals surface area contributed by atoms with E-state index in [1.807, 2.05) is 26.0 Å². The normalized spacial score (nSPS) is 12.3. The van der Waals surface area contributed by atoms with Crippen LogP contribution in [0, 0.1) is 5.92 Å². The van der Waals surface area contributed by atoms with Gasteiger partial charge in [0.2, 0.25) is 5.91 Å². The molecule has 1 heterocycles. The van der Waals surface area contributed by atoms with Gasteiger partial charge >= 0.3 is 0 Å². The minimum atomic E-state index is -0.301. The third-order valence-corrected chi connectivity index (χ3v) is 4.81. The molecule has 0 aliphatic carbocycles. The summed E-state index contributed by atoms with van der Waals surface area (Å²) in [5.41, 5.74) is 2.09. The van der Waals surface area contributed by atoms with E-state index in [2.05, 4.69) is 5.32 Å². The van der Waals surface area contributed by atoms with Crippen LogP contribution in [-0.2, 0) is 4.79 Å². The first-order valence-corrected chi connectivity index (χ1v) is 9.74. The molecule has 0 bridgehead atoms. The smallest absolute Gasteiger partial charge is 0.232 e. The largest absolute Gasteiger partial charge is 0.465 e. The highest BCUT2D eigenvalue weighted by molar-refractivity contribution is 6.30. The van der Waals surface area contributed by atoms with Crippen molar-refractivity contribution in [3.8, 4) is 0 Å². The molecule has 1 aromatic heterocycles. The maximum absolute atomic E-state index is 12.9. The lowest BCUT2D eigenvalue weighted by Crippen LogP contribution is -2.25. The van der Waals surface area contributed by atoms with Crippen LogP contribution in [0.25, 0.3) is 6.08 Å². The third kappa shape index (κ3) is 5.46. The first kappa shape index (κ1) is 20.6. The fourth-order valence-corrected chi connectivity index (χ4v) is 3.21. The van der Waals surface area contributed by atoms with Crippen LogP contribution in [0.2, 0.25) is 5.02 Å². The summed E-state index contributed by atoms with van der Waals surface area (Å²) in [6.07, 6.45) is 4.63. The summed E-state index contributed by atoms with van der Waals surface area (Å²) in [6.45, 7) is 4.01. The Kier molecular flexibility index (Phi) is 6.68. The number of rotatable bonds is 7. The maximum Gasteiger partial charge on any atom is 0.232 e. The van der Waals surface area contributed by atoms with E-state index in [0.29, 0.717) is 22.0 Å². The second-order valence-corrected chi connectivity index (χ2v) is 7.49. The molecule has 148 valence electrons. The minimum Gasteiger partial charge on any atom is -0.465 e. The fraction of sp³-hybridized carbons (Fsp3) is 0.167. The molecule has 0 aliphatic rings. The van der Waals surface area contributed by atoms with Crippen LogP contribution >= 0.6 is 11.6 Å². The number of allylic oxidation sites excluding steroid dienone is 1. The number of anilines is 1. The first-order valence-electron chi connectivity index (χ1n) is 9.36. The van der Waals surface area contributed by atoms with Crippen molar-refractivity contribution < 1.29 is 14.0 Å². The summed E-state index contributed by atoms with van der Waals surface area (Å²) < 4.78 is 5.17. The minimum absolute atomic E-state index is 0.0980. The molecule has 0 radical (unpaired) electrons. The van der Waals surface area contributed by atoms with E-state index in [0.717, 1.165) is 5.56 Å². The topological polar surface area (TPSA) is 59.3 Å². The molecule has 2 aromatic carbocycles. The third-order valence-electron chi connectivity index (χ3n) is 4.56. The van der Waals surface area contributed by atoms with Crippen LogP contribution in [0.15, 0.2) is 77.4 Å². The van der Waals surface area contributed by atoms with Gasteiger partial charge in [-0.15, -0.1) is 0 Å². The quantitative estimate of drug-likeness (QED) is 0.374. The van der Waals surface area contributed by atoms with Crippen molar-refractivity contribution in [2.45, 2.75) is 19.8 Å². The zero-order chi connectivity index (χ0) is 20.8. The van der Waals surface area contributed by atoms with Gasteiger partial charge in [0.05, 0.1) is 12.2 Å². The average molecular weight is 408 g/mol. The van der Waals surface area contributed by atoms with Gasteiger partial charge in [-0.2, -0.15) is 0 Å². The van der Waals surface area contributed by atoms with Gasteiger partial charge in [0, 0.05) is 16.3 Å². The molecule has 4 nitrogen and oxygen atoms in total. The molecule has 3 aromatic rings. The highest BCUT2D eigenvalue weighted by atomic mass is 35.5. The Morgan fingerprint density at radius 3 is 2.28 bits per heavy atom. The number of hydrogen-bond donors (Lipinski definition) is 1. The molecule has 0 spiro atoms. The van der Waals surface area contributed by atoms with Crippen LogP contribution in [0.3, 0.4) is 0 Å². The second kappa shape index (κ2) is 9.39. The molecular formula is C24H22ClNO3. The lowest BCUT2D eigenvalue weighted by molar-refractivity contribution is -0.118. The Labute approximate surface area is 175 Å². The molecule has 1 atom stereocenters. The van der Waals surface area contributed by atoms with Crippen molar-refractivity contribution in [3.63, 3.8) is 0 Å². The predicted molar refractivity (Wildman–Crippen MR) is 116 cm³/mol. The molecule has 1 N–H and O–H groups in total. The first-order chi connectivity index (χ1) is 13.9. The van der Waals surface area contributed by atoms with E-state index < -0.39 is 0 Å². The Hall–Kier alpha value is -3.11. The number of nitrogens with one attached hydrogen (secondary N) is 1. The lowest BCUT2D eigenvalue weighted by Gasteiger charge is -2.21. The van der Waals surface area contributed by atoms with Gasteiger partial charge in [-0.05, 0) is 72.2 Å². The molecular weight excluding hydrogens is 386 g/mol. The van der Waals surface area contributed by atoms with E-state index in [9.17, 15) is 9.59 Å². The number of halogens is 1. The van der Waals surface area contributed by atoms with Gasteiger partial charge in [-0.1, -0.05) is 37.6 Å². The Bertz CT molecular complexity index is 988. The summed E-state index contributed by atoms with van der Waals surface area (Å²) >= 11 is 5.96. The highest BCUT2D eigenvalue weighted by Gasteiger charge is 2.24. The standard InChI is InChI=1S/C24H22ClNO3/c1-16(2)23(18-5-9-19(25)10-6-18)24(28)26-20-11-7-17(8-12-20)22(27)14-13-21-4-3-15-29-21/h3-16,23H,1-2H3,(H,26,28)/b14-13+/t23-/m1/s1. The van der Waals surface area contributed by atoms with Crippen molar-refractivity contribution in [3.05, 3.63) is 94.9 Å². The molecule has 0 aliphatic heterocycles. The van der Waals surface area contributed by atoms with Crippen LogP contribution < -0.4 is 5.32 Å². The van der Waals surface area contributed by atoms with E-state index in [-0.39, 0.29) is 23.5 Å². The van der Waals surface area contributed by atoms with Gasteiger partial charge in [-0.3, -0.25) is 9.59 Å². The predicted octanol–water partition coefficient (Wildman–Crippen LogP) is 6.21. The van der Waals surface area contributed by atoms with Gasteiger partial charge in [0.25, 0.3) is 0 Å². The van der Waals surface area contributed by atoms with Crippen LogP contribution in [-0.4, -0.2) is 11.7 Å². The SMILES string of the molecule is CC(C)[C@@H](C(=O)Nc1ccc(C(=O)/C=C/c2ccco2)cc1)c1ccc(Cl)cc1. The van der Waals surface area contributed by atoms with E-state index in [1.54, 1.807) is 60.9 Å². The summed E-state index contributed by atoms with van der Waals surface area (Å²) in [7, 11) is 0. The molecule has 0 unspecified atom stereocenters. The van der Waals surface area contributed by atoms with Gasteiger partial charge in [0.15, 0.2) is 5.78 Å². The number of furan rings is 1. The van der Waals surface area contributed by atoms with Crippen molar-refractivity contribution >= 4 is 35.1 Å². The Morgan fingerprint density at radius 1 is 1.00 bits per heavy atom. The van der Waals surface area contributed by atoms with Crippen LogP contribution in [0.5, 0.6) is 0 Å². The Morgan fingerprint density at radius 2 is 1.69 bits per heavy atom. The molecule has 0 fully saturated rings. The zero-order valence-electron chi connectivity index (χ0n) is 16.3. The highest BCUT2D eigenvalue weighted by Crippen LogP contribution is 2.27. The number of benzene rings is 2. The number of carbonyl (C=O) groups excluding carboxylic acids is 2. The van der Waals surface area contributed by atoms with Gasteiger partial charge in [-0.25, -0.2) is 0 Å². The summed E-state index contributed by atoms with van der Waals surface area (Å²) in [5, 5.41) is 3.58. The molecule has 3 rings (SSSR count). The second-order valence-electron chi connectivity index (χ2n) is 7.05. The fourth-order valence-electron chi connectivity index (χ4n) is 3.09. The van der Waals surface area contributed by atoms with Crippen molar-refractivity contribution in [2.24, 2.45) is 5.92 Å². The zero-order valence-corrected chi connectivity index (χ0v) is 17.0. The summed E-state index contributed by atoms with van der Waals surface area (Å²) in [6, 6.07) is 17.7. The van der Waals surface area contributed by atoms with Gasteiger partial charge < -0.3 is 9.73 Å². The average Bonchev–Trinajstić information content (AvgIpc) is 3.22. The number of ketones is 1. The molecule has 1 amide bonds. The lowest BCUT2D eigenvalue weighted by atomic mass is 9.87. The van der Waals surface area contributed by atoms with E-state index in [1.165, 1.54) is 6.08 Å². The van der Waals surface area contributed by atoms with Crippen LogP contribution in [0.1, 0.15) is 41.4 Å². The van der Waals surface area contributed by atoms with Crippen molar-refractivity contribution in [1.29, 1.82) is 0 Å². The molecule has 0 saturated carbocycles. The summed E-state index contributed by atoms with van der Waals surface area (Å²) in [4.78, 5) is 25.1. The number of hydrogen-bond acceptors (Lipinski definition) is 3. The summed E-state index contributed by atoms with van der Waals surface area (Å²) in [5.74, 6) is 0.192. The molecule has 5 heteroatoms. The molecule has 29 heavy (non-hydrogen) atoms. The van der Waals surface area contributed by atoms with Crippen molar-refractivity contribution in [2.75, 3.05) is 5.32 Å². The maximum atomic E-state index is 12.9. The number of carbonyl (C=O) groups is 2. The van der Waals surface area contributed by atoms with E-state index in [4.69, 9.17) is 16.0 Å². The van der Waals surface area contributed by atoms with Gasteiger partial charge in [0.1, 0.15) is 5.76 Å². The van der Waals surface area contributed by atoms with Crippen LogP contribution in [0.4, 0.5) is 5.69 Å². The van der Waals surface area contributed by atoms with E-state index >= 15 is 0 Å². The molecule has 0 saturated heterocycles.